The van der Waals surface area contributed by atoms with Crippen LogP contribution < -0.4 is 5.32 Å². The van der Waals surface area contributed by atoms with E-state index in [9.17, 15) is 10.1 Å². The number of methoxy groups -OCH3 is 1. The molecule has 1 aromatic carbocycles. The number of nitrogens with one attached hydrogen (secondary N) is 2. The lowest BCUT2D eigenvalue weighted by molar-refractivity contribution is -0.384. The number of ether oxygens (including phenoxy) is 1. The summed E-state index contributed by atoms with van der Waals surface area (Å²) in [5.41, 5.74) is 1.38. The second kappa shape index (κ2) is 5.87. The van der Waals surface area contributed by atoms with Gasteiger partial charge in [-0.3, -0.25) is 10.1 Å². The first-order chi connectivity index (χ1) is 9.51. The number of benzene rings is 1. The maximum atomic E-state index is 10.7. The highest BCUT2D eigenvalue weighted by Gasteiger charge is 2.15. The number of H-pyrrole nitrogens is 1. The van der Waals surface area contributed by atoms with Gasteiger partial charge in [0.25, 0.3) is 5.69 Å². The third kappa shape index (κ3) is 3.05. The van der Waals surface area contributed by atoms with Crippen molar-refractivity contribution in [1.29, 1.82) is 0 Å². The van der Waals surface area contributed by atoms with E-state index in [1.807, 2.05) is 0 Å². The van der Waals surface area contributed by atoms with Crippen LogP contribution in [0.25, 0.3) is 11.0 Å². The van der Waals surface area contributed by atoms with Gasteiger partial charge in [0.2, 0.25) is 5.95 Å². The van der Waals surface area contributed by atoms with Gasteiger partial charge in [0.15, 0.2) is 0 Å². The Balaban J connectivity index is 2.24. The lowest BCUT2D eigenvalue weighted by Crippen LogP contribution is -2.30. The van der Waals surface area contributed by atoms with E-state index in [1.165, 1.54) is 12.1 Å². The van der Waals surface area contributed by atoms with Gasteiger partial charge in [0.05, 0.1) is 28.6 Å². The van der Waals surface area contributed by atoms with Crippen molar-refractivity contribution in [1.82, 2.24) is 9.97 Å². The molecule has 2 aromatic rings. The molecule has 0 fully saturated rings. The number of hydrogen-bond acceptors (Lipinski definition) is 5. The highest BCUT2D eigenvalue weighted by atomic mass is 16.6. The molecule has 1 atom stereocenters. The number of aromatic amines is 1. The fraction of sp³-hybridized carbons (Fsp3) is 0.462. The Kier molecular flexibility index (Phi) is 4.19. The zero-order valence-corrected chi connectivity index (χ0v) is 11.7. The monoisotopic (exact) mass is 278 g/mol. The summed E-state index contributed by atoms with van der Waals surface area (Å²) in [5.74, 6) is 0.966. The topological polar surface area (TPSA) is 93.1 Å². The molecule has 1 heterocycles. The molecule has 2 N–H and O–H groups in total. The zero-order valence-electron chi connectivity index (χ0n) is 11.7. The van der Waals surface area contributed by atoms with Crippen LogP contribution in [0.3, 0.4) is 0 Å². The van der Waals surface area contributed by atoms with E-state index in [0.29, 0.717) is 29.5 Å². The average molecular weight is 278 g/mol. The SMILES string of the molecule is COCC(Nc1nc2ccc([N+](=O)[O-])cc2[nH]1)C(C)C. The van der Waals surface area contributed by atoms with Crippen molar-refractivity contribution in [2.75, 3.05) is 19.0 Å². The molecule has 20 heavy (non-hydrogen) atoms. The minimum atomic E-state index is -0.421. The van der Waals surface area contributed by atoms with Gasteiger partial charge in [-0.1, -0.05) is 13.8 Å². The maximum absolute atomic E-state index is 10.7. The largest absolute Gasteiger partial charge is 0.383 e. The summed E-state index contributed by atoms with van der Waals surface area (Å²) in [6.45, 7) is 4.74. The highest BCUT2D eigenvalue weighted by Crippen LogP contribution is 2.21. The number of hydrogen-bond donors (Lipinski definition) is 2. The van der Waals surface area contributed by atoms with Crippen LogP contribution in [0.4, 0.5) is 11.6 Å². The molecule has 0 bridgehead atoms. The van der Waals surface area contributed by atoms with E-state index < -0.39 is 4.92 Å². The summed E-state index contributed by atoms with van der Waals surface area (Å²) in [7, 11) is 1.65. The molecule has 0 radical (unpaired) electrons. The van der Waals surface area contributed by atoms with Crippen LogP contribution in [0.5, 0.6) is 0 Å². The number of anilines is 1. The van der Waals surface area contributed by atoms with Gasteiger partial charge in [-0.25, -0.2) is 4.98 Å². The van der Waals surface area contributed by atoms with Crippen LogP contribution in [-0.4, -0.2) is 34.6 Å². The van der Waals surface area contributed by atoms with Gasteiger partial charge < -0.3 is 15.0 Å². The molecule has 1 aromatic heterocycles. The average Bonchev–Trinajstić information content (AvgIpc) is 2.79. The normalized spacial score (nSPS) is 12.8. The van der Waals surface area contributed by atoms with Crippen molar-refractivity contribution >= 4 is 22.7 Å². The van der Waals surface area contributed by atoms with E-state index in [1.54, 1.807) is 13.2 Å². The van der Waals surface area contributed by atoms with Crippen molar-refractivity contribution in [2.24, 2.45) is 5.92 Å². The van der Waals surface area contributed by atoms with Crippen molar-refractivity contribution in [3.8, 4) is 0 Å². The number of nitrogens with zero attached hydrogens (tertiary/aromatic N) is 2. The standard InChI is InChI=1S/C13H18N4O3/c1-8(2)12(7-20-3)16-13-14-10-5-4-9(17(18)19)6-11(10)15-13/h4-6,8,12H,7H2,1-3H3,(H2,14,15,16). The predicted molar refractivity (Wildman–Crippen MR) is 76.9 cm³/mol. The van der Waals surface area contributed by atoms with Gasteiger partial charge in [-0.2, -0.15) is 0 Å². The van der Waals surface area contributed by atoms with Crippen molar-refractivity contribution in [3.05, 3.63) is 28.3 Å². The molecule has 0 aliphatic rings. The zero-order chi connectivity index (χ0) is 14.7. The van der Waals surface area contributed by atoms with Crippen LogP contribution in [0, 0.1) is 16.0 Å². The lowest BCUT2D eigenvalue weighted by Gasteiger charge is -2.20. The van der Waals surface area contributed by atoms with Gasteiger partial charge in [0.1, 0.15) is 0 Å². The summed E-state index contributed by atoms with van der Waals surface area (Å²) < 4.78 is 5.17. The number of nitro benzene ring substituents is 1. The molecule has 108 valence electrons. The molecular formula is C13H18N4O3. The van der Waals surface area contributed by atoms with E-state index in [-0.39, 0.29) is 11.7 Å². The molecule has 0 aliphatic carbocycles. The summed E-state index contributed by atoms with van der Waals surface area (Å²) in [6, 6.07) is 4.68. The van der Waals surface area contributed by atoms with Gasteiger partial charge >= 0.3 is 0 Å². The van der Waals surface area contributed by atoms with Crippen molar-refractivity contribution < 1.29 is 9.66 Å². The smallest absolute Gasteiger partial charge is 0.271 e. The maximum Gasteiger partial charge on any atom is 0.271 e. The predicted octanol–water partition coefficient (Wildman–Crippen LogP) is 2.55. The Bertz CT molecular complexity index is 609. The molecule has 0 saturated carbocycles. The van der Waals surface area contributed by atoms with Gasteiger partial charge in [-0.05, 0) is 12.0 Å². The Hall–Kier alpha value is -2.15. The molecule has 0 saturated heterocycles. The van der Waals surface area contributed by atoms with Crippen molar-refractivity contribution in [2.45, 2.75) is 19.9 Å². The van der Waals surface area contributed by atoms with E-state index in [2.05, 4.69) is 29.1 Å². The Morgan fingerprint density at radius 3 is 2.85 bits per heavy atom. The number of nitro groups is 1. The molecule has 7 heteroatoms. The number of aromatic nitrogens is 2. The number of rotatable bonds is 6. The quantitative estimate of drug-likeness (QED) is 0.625. The molecule has 2 rings (SSSR count). The van der Waals surface area contributed by atoms with Crippen LogP contribution in [0.15, 0.2) is 18.2 Å². The minimum Gasteiger partial charge on any atom is -0.383 e. The molecule has 7 nitrogen and oxygen atoms in total. The number of imidazole rings is 1. The van der Waals surface area contributed by atoms with Crippen LogP contribution in [-0.2, 0) is 4.74 Å². The second-order valence-electron chi connectivity index (χ2n) is 4.99. The van der Waals surface area contributed by atoms with Crippen LogP contribution in [0.1, 0.15) is 13.8 Å². The molecule has 0 aliphatic heterocycles. The molecule has 0 amide bonds. The fourth-order valence-corrected chi connectivity index (χ4v) is 1.94. The third-order valence-electron chi connectivity index (χ3n) is 3.15. The first-order valence-corrected chi connectivity index (χ1v) is 6.41. The summed E-state index contributed by atoms with van der Waals surface area (Å²) in [6.07, 6.45) is 0. The Morgan fingerprint density at radius 1 is 1.50 bits per heavy atom. The molecule has 1 unspecified atom stereocenters. The van der Waals surface area contributed by atoms with E-state index in [0.717, 1.165) is 0 Å². The van der Waals surface area contributed by atoms with E-state index >= 15 is 0 Å². The Labute approximate surface area is 116 Å². The second-order valence-corrected chi connectivity index (χ2v) is 4.99. The first-order valence-electron chi connectivity index (χ1n) is 6.41. The number of non-ortho nitro benzene ring substituents is 1. The van der Waals surface area contributed by atoms with Crippen LogP contribution in [0.2, 0.25) is 0 Å². The Morgan fingerprint density at radius 2 is 2.25 bits per heavy atom. The van der Waals surface area contributed by atoms with Gasteiger partial charge in [0, 0.05) is 19.2 Å². The first kappa shape index (κ1) is 14.3. The molecule has 0 spiro atoms. The number of fused-ring (bicyclic) bond motifs is 1. The van der Waals surface area contributed by atoms with Crippen LogP contribution >= 0.6 is 0 Å². The lowest BCUT2D eigenvalue weighted by atomic mass is 10.1. The van der Waals surface area contributed by atoms with Crippen molar-refractivity contribution in [3.63, 3.8) is 0 Å². The third-order valence-corrected chi connectivity index (χ3v) is 3.15. The summed E-state index contributed by atoms with van der Waals surface area (Å²) in [5, 5.41) is 14.0. The molecular weight excluding hydrogens is 260 g/mol. The highest BCUT2D eigenvalue weighted by molar-refractivity contribution is 5.79. The fourth-order valence-electron chi connectivity index (χ4n) is 1.94. The minimum absolute atomic E-state index is 0.0463. The van der Waals surface area contributed by atoms with Gasteiger partial charge in [-0.15, -0.1) is 0 Å². The summed E-state index contributed by atoms with van der Waals surface area (Å²) in [4.78, 5) is 17.7. The summed E-state index contributed by atoms with van der Waals surface area (Å²) >= 11 is 0. The van der Waals surface area contributed by atoms with E-state index in [4.69, 9.17) is 4.74 Å².